The van der Waals surface area contributed by atoms with Crippen LogP contribution in [0.25, 0.3) is 0 Å². The van der Waals surface area contributed by atoms with E-state index < -0.39 is 10.1 Å². The summed E-state index contributed by atoms with van der Waals surface area (Å²) in [5.74, 6) is 0. The minimum absolute atomic E-state index is 0.0255. The zero-order valence-electron chi connectivity index (χ0n) is 16.7. The molecule has 3 aromatic carbocycles. The number of ether oxygens (including phenoxy) is 1. The third-order valence-electron chi connectivity index (χ3n) is 4.73. The van der Waals surface area contributed by atoms with E-state index in [9.17, 15) is 8.42 Å². The van der Waals surface area contributed by atoms with Gasteiger partial charge in [-0.15, -0.1) is 0 Å². The highest BCUT2D eigenvalue weighted by Gasteiger charge is 2.14. The first-order valence-electron chi connectivity index (χ1n) is 9.64. The lowest BCUT2D eigenvalue weighted by molar-refractivity contribution is 0.0525. The van der Waals surface area contributed by atoms with E-state index in [1.54, 1.807) is 24.3 Å². The topological polar surface area (TPSA) is 52.6 Å². The van der Waals surface area contributed by atoms with Gasteiger partial charge >= 0.3 is 0 Å². The van der Waals surface area contributed by atoms with Gasteiger partial charge in [0.05, 0.1) is 24.2 Å². The third-order valence-corrected chi connectivity index (χ3v) is 6.06. The SMILES string of the molecule is Cc1ccc(S(=O)(=O)OCCc2ccc(C(C)OCc3ccccc3)cc2)cc1. The van der Waals surface area contributed by atoms with Crippen molar-refractivity contribution in [2.75, 3.05) is 6.61 Å². The highest BCUT2D eigenvalue weighted by Crippen LogP contribution is 2.20. The first kappa shape index (κ1) is 21.2. The number of hydrogen-bond acceptors (Lipinski definition) is 4. The molecule has 0 saturated carbocycles. The fourth-order valence-corrected chi connectivity index (χ4v) is 3.80. The molecule has 0 aliphatic heterocycles. The van der Waals surface area contributed by atoms with E-state index in [0.29, 0.717) is 13.0 Å². The van der Waals surface area contributed by atoms with E-state index in [2.05, 4.69) is 0 Å². The molecule has 1 atom stereocenters. The van der Waals surface area contributed by atoms with E-state index in [0.717, 1.165) is 22.3 Å². The van der Waals surface area contributed by atoms with Crippen molar-refractivity contribution in [3.05, 3.63) is 101 Å². The molecule has 0 bridgehead atoms. The average Bonchev–Trinajstić information content (AvgIpc) is 2.73. The summed E-state index contributed by atoms with van der Waals surface area (Å²) in [6.45, 7) is 4.60. The molecule has 0 radical (unpaired) electrons. The number of benzene rings is 3. The van der Waals surface area contributed by atoms with Crippen LogP contribution in [0.1, 0.15) is 35.3 Å². The Morgan fingerprint density at radius 3 is 2.14 bits per heavy atom. The Kier molecular flexibility index (Phi) is 7.20. The molecule has 0 N–H and O–H groups in total. The summed E-state index contributed by atoms with van der Waals surface area (Å²) in [4.78, 5) is 0.183. The van der Waals surface area contributed by atoms with Crippen LogP contribution in [-0.4, -0.2) is 15.0 Å². The van der Waals surface area contributed by atoms with Crippen molar-refractivity contribution in [1.82, 2.24) is 0 Å². The molecule has 0 spiro atoms. The van der Waals surface area contributed by atoms with Gasteiger partial charge in [0.15, 0.2) is 0 Å². The molecule has 0 fully saturated rings. The zero-order chi connectivity index (χ0) is 20.7. The monoisotopic (exact) mass is 410 g/mol. The Hall–Kier alpha value is -2.47. The minimum atomic E-state index is -3.72. The van der Waals surface area contributed by atoms with Gasteiger partial charge < -0.3 is 4.74 Å². The van der Waals surface area contributed by atoms with Crippen LogP contribution in [0.15, 0.2) is 83.8 Å². The van der Waals surface area contributed by atoms with Gasteiger partial charge in [-0.3, -0.25) is 4.18 Å². The Morgan fingerprint density at radius 2 is 1.48 bits per heavy atom. The fraction of sp³-hybridized carbons (Fsp3) is 0.250. The second kappa shape index (κ2) is 9.83. The average molecular weight is 411 g/mol. The molecular weight excluding hydrogens is 384 g/mol. The lowest BCUT2D eigenvalue weighted by Crippen LogP contribution is -2.09. The smallest absolute Gasteiger partial charge is 0.296 e. The van der Waals surface area contributed by atoms with Crippen LogP contribution >= 0.6 is 0 Å². The van der Waals surface area contributed by atoms with Crippen molar-refractivity contribution in [1.29, 1.82) is 0 Å². The fourth-order valence-electron chi connectivity index (χ4n) is 2.89. The highest BCUT2D eigenvalue weighted by molar-refractivity contribution is 7.86. The molecular formula is C24H26O4S. The second-order valence-corrected chi connectivity index (χ2v) is 8.63. The van der Waals surface area contributed by atoms with Crippen LogP contribution in [0.2, 0.25) is 0 Å². The first-order valence-corrected chi connectivity index (χ1v) is 11.1. The molecule has 1 unspecified atom stereocenters. The predicted octanol–water partition coefficient (Wildman–Crippen LogP) is 5.22. The van der Waals surface area contributed by atoms with Crippen LogP contribution in [-0.2, 0) is 32.1 Å². The third kappa shape index (κ3) is 6.26. The molecule has 5 heteroatoms. The maximum absolute atomic E-state index is 12.2. The maximum atomic E-state index is 12.2. The highest BCUT2D eigenvalue weighted by atomic mass is 32.2. The Morgan fingerprint density at radius 1 is 0.828 bits per heavy atom. The number of hydrogen-bond donors (Lipinski definition) is 0. The van der Waals surface area contributed by atoms with E-state index in [1.807, 2.05) is 68.4 Å². The molecule has 0 aliphatic rings. The maximum Gasteiger partial charge on any atom is 0.296 e. The summed E-state index contributed by atoms with van der Waals surface area (Å²) >= 11 is 0. The Labute approximate surface area is 173 Å². The normalized spacial score (nSPS) is 12.6. The second-order valence-electron chi connectivity index (χ2n) is 7.02. The largest absolute Gasteiger partial charge is 0.369 e. The van der Waals surface area contributed by atoms with Gasteiger partial charge in [-0.05, 0) is 49.1 Å². The molecule has 0 saturated heterocycles. The van der Waals surface area contributed by atoms with Gasteiger partial charge in [0, 0.05) is 0 Å². The van der Waals surface area contributed by atoms with Crippen LogP contribution < -0.4 is 0 Å². The van der Waals surface area contributed by atoms with Gasteiger partial charge in [-0.2, -0.15) is 8.42 Å². The lowest BCUT2D eigenvalue weighted by Gasteiger charge is -2.14. The van der Waals surface area contributed by atoms with Crippen LogP contribution in [0.4, 0.5) is 0 Å². The van der Waals surface area contributed by atoms with E-state index >= 15 is 0 Å². The van der Waals surface area contributed by atoms with Crippen molar-refractivity contribution >= 4 is 10.1 Å². The summed E-state index contributed by atoms with van der Waals surface area (Å²) in [6, 6.07) is 24.7. The summed E-state index contributed by atoms with van der Waals surface area (Å²) in [7, 11) is -3.72. The molecule has 0 amide bonds. The van der Waals surface area contributed by atoms with Gasteiger partial charge in [0.2, 0.25) is 0 Å². The Balaban J connectivity index is 1.49. The number of aryl methyl sites for hydroxylation is 1. The zero-order valence-corrected chi connectivity index (χ0v) is 17.6. The van der Waals surface area contributed by atoms with Gasteiger partial charge in [0.1, 0.15) is 0 Å². The van der Waals surface area contributed by atoms with Crippen LogP contribution in [0.5, 0.6) is 0 Å². The van der Waals surface area contributed by atoms with Gasteiger partial charge in [-0.1, -0.05) is 72.3 Å². The summed E-state index contributed by atoms with van der Waals surface area (Å²) in [5.41, 5.74) is 4.25. The van der Waals surface area contributed by atoms with Crippen molar-refractivity contribution < 1.29 is 17.3 Å². The number of rotatable bonds is 9. The summed E-state index contributed by atoms with van der Waals surface area (Å²) < 4.78 is 35.6. The van der Waals surface area contributed by atoms with Crippen molar-refractivity contribution in [3.8, 4) is 0 Å². The molecule has 29 heavy (non-hydrogen) atoms. The molecule has 4 nitrogen and oxygen atoms in total. The molecule has 3 aromatic rings. The van der Waals surface area contributed by atoms with Gasteiger partial charge in [-0.25, -0.2) is 0 Å². The predicted molar refractivity (Wildman–Crippen MR) is 114 cm³/mol. The van der Waals surface area contributed by atoms with Crippen molar-refractivity contribution in [2.45, 2.75) is 37.9 Å². The molecule has 0 aliphatic carbocycles. The minimum Gasteiger partial charge on any atom is -0.369 e. The van der Waals surface area contributed by atoms with E-state index in [1.165, 1.54) is 0 Å². The molecule has 152 valence electrons. The molecule has 0 heterocycles. The Bertz CT molecular complexity index is 995. The summed E-state index contributed by atoms with van der Waals surface area (Å²) in [6.07, 6.45) is 0.493. The molecule has 3 rings (SSSR count). The molecule has 0 aromatic heterocycles. The van der Waals surface area contributed by atoms with Gasteiger partial charge in [0.25, 0.3) is 10.1 Å². The quantitative estimate of drug-likeness (QED) is 0.454. The standard InChI is InChI=1S/C24H26O4S/c1-19-8-14-24(15-9-19)29(25,26)28-17-16-21-10-12-23(13-11-21)20(2)27-18-22-6-4-3-5-7-22/h3-15,20H,16-18H2,1-2H3. The van der Waals surface area contributed by atoms with Crippen LogP contribution in [0, 0.1) is 6.92 Å². The summed E-state index contributed by atoms with van der Waals surface area (Å²) in [5, 5.41) is 0. The van der Waals surface area contributed by atoms with Crippen molar-refractivity contribution in [3.63, 3.8) is 0 Å². The van der Waals surface area contributed by atoms with E-state index in [4.69, 9.17) is 8.92 Å². The van der Waals surface area contributed by atoms with Crippen LogP contribution in [0.3, 0.4) is 0 Å². The lowest BCUT2D eigenvalue weighted by atomic mass is 10.1. The van der Waals surface area contributed by atoms with Crippen molar-refractivity contribution in [2.24, 2.45) is 0 Å². The first-order chi connectivity index (χ1) is 13.9. The van der Waals surface area contributed by atoms with E-state index in [-0.39, 0.29) is 17.6 Å².